The van der Waals surface area contributed by atoms with Gasteiger partial charge in [-0.15, -0.1) is 0 Å². The van der Waals surface area contributed by atoms with E-state index in [9.17, 15) is 9.90 Å². The first-order valence-electron chi connectivity index (χ1n) is 9.47. The molecule has 0 radical (unpaired) electrons. The van der Waals surface area contributed by atoms with Gasteiger partial charge in [0.05, 0.1) is 6.10 Å². The largest absolute Gasteiger partial charge is 0.393 e. The summed E-state index contributed by atoms with van der Waals surface area (Å²) in [5.74, 6) is 2.29. The van der Waals surface area contributed by atoms with Crippen LogP contribution in [0.1, 0.15) is 65.7 Å². The number of aliphatic hydroxyl groups excluding tert-OH is 1. The molecule has 0 heterocycles. The van der Waals surface area contributed by atoms with Crippen LogP contribution in [0.25, 0.3) is 0 Å². The number of hydrogen-bond donors (Lipinski definition) is 1. The second-order valence-corrected chi connectivity index (χ2v) is 8.94. The molecule has 4 aliphatic carbocycles. The van der Waals surface area contributed by atoms with Gasteiger partial charge >= 0.3 is 0 Å². The number of rotatable bonds is 0. The lowest BCUT2D eigenvalue weighted by Gasteiger charge is -2.57. The molecule has 1 N–H and O–H groups in total. The number of allylic oxidation sites excluding steroid dienone is 3. The van der Waals surface area contributed by atoms with Gasteiger partial charge in [0.15, 0.2) is 5.78 Å². The summed E-state index contributed by atoms with van der Waals surface area (Å²) < 4.78 is 0. The molecule has 2 heteroatoms. The summed E-state index contributed by atoms with van der Waals surface area (Å²) in [5, 5.41) is 10.1. The second-order valence-electron chi connectivity index (χ2n) is 8.94. The molecule has 3 fully saturated rings. The molecule has 0 unspecified atom stereocenters. The van der Waals surface area contributed by atoms with Crippen molar-refractivity contribution in [3.05, 3.63) is 23.3 Å². The lowest BCUT2D eigenvalue weighted by Crippen LogP contribution is -2.49. The Kier molecular flexibility index (Phi) is 3.43. The van der Waals surface area contributed by atoms with Crippen LogP contribution in [-0.4, -0.2) is 17.0 Å². The van der Waals surface area contributed by atoms with Gasteiger partial charge in [-0.1, -0.05) is 31.6 Å². The van der Waals surface area contributed by atoms with Crippen LogP contribution in [-0.2, 0) is 4.79 Å². The average Bonchev–Trinajstić information content (AvgIpc) is 2.77. The SMILES string of the molecule is C/C=C1\C(=O)C[C@@H]2[C@H]3CC=C4C[C@@H](O)CC[C@]4(C)[C@@H]3CC[C@]12C. The van der Waals surface area contributed by atoms with E-state index in [1.54, 1.807) is 0 Å². The highest BCUT2D eigenvalue weighted by molar-refractivity contribution is 5.99. The highest BCUT2D eigenvalue weighted by atomic mass is 16.3. The van der Waals surface area contributed by atoms with E-state index in [0.29, 0.717) is 23.5 Å². The zero-order valence-corrected chi connectivity index (χ0v) is 14.8. The van der Waals surface area contributed by atoms with E-state index < -0.39 is 0 Å². The number of carbonyl (C=O) groups excluding carboxylic acids is 1. The van der Waals surface area contributed by atoms with Crippen molar-refractivity contribution in [3.8, 4) is 0 Å². The van der Waals surface area contributed by atoms with Crippen LogP contribution in [0.15, 0.2) is 23.3 Å². The van der Waals surface area contributed by atoms with Gasteiger partial charge in [-0.2, -0.15) is 0 Å². The maximum Gasteiger partial charge on any atom is 0.159 e. The molecule has 0 spiro atoms. The highest BCUT2D eigenvalue weighted by Gasteiger charge is 2.59. The van der Waals surface area contributed by atoms with E-state index in [1.807, 2.05) is 6.92 Å². The Hall–Kier alpha value is -0.890. The number of carbonyl (C=O) groups is 1. The van der Waals surface area contributed by atoms with Crippen molar-refractivity contribution in [3.63, 3.8) is 0 Å². The van der Waals surface area contributed by atoms with E-state index >= 15 is 0 Å². The highest BCUT2D eigenvalue weighted by Crippen LogP contribution is 2.65. The summed E-state index contributed by atoms with van der Waals surface area (Å²) in [7, 11) is 0. The van der Waals surface area contributed by atoms with Gasteiger partial charge in [-0.05, 0) is 79.6 Å². The van der Waals surface area contributed by atoms with E-state index in [0.717, 1.165) is 44.1 Å². The number of hydrogen-bond acceptors (Lipinski definition) is 2. The third-order valence-corrected chi connectivity index (χ3v) is 8.08. The number of fused-ring (bicyclic) bond motifs is 5. The maximum absolute atomic E-state index is 12.5. The molecule has 23 heavy (non-hydrogen) atoms. The molecule has 4 aliphatic rings. The quantitative estimate of drug-likeness (QED) is 0.530. The number of aliphatic hydroxyl groups is 1. The first-order chi connectivity index (χ1) is 10.9. The van der Waals surface area contributed by atoms with Crippen molar-refractivity contribution in [1.82, 2.24) is 0 Å². The maximum atomic E-state index is 12.5. The summed E-state index contributed by atoms with van der Waals surface area (Å²) in [6.07, 6.45) is 11.6. The first kappa shape index (κ1) is 15.6. The molecule has 0 aromatic carbocycles. The Bertz CT molecular complexity index is 601. The first-order valence-corrected chi connectivity index (χ1v) is 9.47. The molecular formula is C21H30O2. The third kappa shape index (κ3) is 2.00. The second kappa shape index (κ2) is 5.05. The van der Waals surface area contributed by atoms with Crippen LogP contribution in [0, 0.1) is 28.6 Å². The molecule has 0 saturated heterocycles. The van der Waals surface area contributed by atoms with Crippen molar-refractivity contribution in [2.45, 2.75) is 71.8 Å². The molecule has 0 aromatic heterocycles. The molecule has 3 saturated carbocycles. The fourth-order valence-corrected chi connectivity index (χ4v) is 6.79. The third-order valence-electron chi connectivity index (χ3n) is 8.08. The monoisotopic (exact) mass is 314 g/mol. The summed E-state index contributed by atoms with van der Waals surface area (Å²) in [4.78, 5) is 12.5. The van der Waals surface area contributed by atoms with E-state index in [-0.39, 0.29) is 16.9 Å². The van der Waals surface area contributed by atoms with Gasteiger partial charge in [-0.3, -0.25) is 4.79 Å². The fourth-order valence-electron chi connectivity index (χ4n) is 6.79. The summed E-state index contributed by atoms with van der Waals surface area (Å²) >= 11 is 0. The molecule has 6 atom stereocenters. The van der Waals surface area contributed by atoms with E-state index in [4.69, 9.17) is 0 Å². The van der Waals surface area contributed by atoms with Gasteiger partial charge in [-0.25, -0.2) is 0 Å². The molecular weight excluding hydrogens is 284 g/mol. The number of Topliss-reactive ketones (excluding diaryl/α,β-unsaturated/α-hetero) is 1. The molecule has 0 aromatic rings. The zero-order chi connectivity index (χ0) is 16.4. The Labute approximate surface area is 140 Å². The average molecular weight is 314 g/mol. The minimum Gasteiger partial charge on any atom is -0.393 e. The topological polar surface area (TPSA) is 37.3 Å². The van der Waals surface area contributed by atoms with Crippen LogP contribution >= 0.6 is 0 Å². The van der Waals surface area contributed by atoms with Crippen LogP contribution < -0.4 is 0 Å². The van der Waals surface area contributed by atoms with Crippen LogP contribution in [0.2, 0.25) is 0 Å². The number of ketones is 1. The van der Waals surface area contributed by atoms with Gasteiger partial charge in [0.2, 0.25) is 0 Å². The minimum atomic E-state index is -0.137. The van der Waals surface area contributed by atoms with Crippen LogP contribution in [0.4, 0.5) is 0 Å². The molecule has 0 bridgehead atoms. The van der Waals surface area contributed by atoms with Crippen molar-refractivity contribution in [1.29, 1.82) is 0 Å². The standard InChI is InChI=1S/C21H30O2/c1-4-16-19(23)12-18-15-6-5-13-11-14(22)7-9-20(13,2)17(15)8-10-21(16,18)3/h4-5,14-15,17-18,22H,6-12H2,1-3H3/b16-4+/t14-,15-,17+,18+,20-,21+/m0/s1. The van der Waals surface area contributed by atoms with Gasteiger partial charge in [0.1, 0.15) is 0 Å². The predicted octanol–water partition coefficient (Wildman–Crippen LogP) is 4.44. The van der Waals surface area contributed by atoms with Crippen molar-refractivity contribution < 1.29 is 9.90 Å². The van der Waals surface area contributed by atoms with Crippen molar-refractivity contribution in [2.24, 2.45) is 28.6 Å². The molecule has 0 amide bonds. The molecule has 0 aliphatic heterocycles. The Morgan fingerprint density at radius 1 is 1.13 bits per heavy atom. The lowest BCUT2D eigenvalue weighted by molar-refractivity contribution is -0.115. The Balaban J connectivity index is 1.71. The Morgan fingerprint density at radius 2 is 1.87 bits per heavy atom. The summed E-state index contributed by atoms with van der Waals surface area (Å²) in [5.41, 5.74) is 3.00. The smallest absolute Gasteiger partial charge is 0.159 e. The van der Waals surface area contributed by atoms with Crippen LogP contribution in [0.5, 0.6) is 0 Å². The zero-order valence-electron chi connectivity index (χ0n) is 14.8. The molecule has 2 nitrogen and oxygen atoms in total. The lowest BCUT2D eigenvalue weighted by atomic mass is 9.48. The van der Waals surface area contributed by atoms with Gasteiger partial charge in [0.25, 0.3) is 0 Å². The fraction of sp³-hybridized carbons (Fsp3) is 0.762. The summed E-state index contributed by atoms with van der Waals surface area (Å²) in [6.45, 7) is 6.83. The molecule has 4 rings (SSSR count). The van der Waals surface area contributed by atoms with Crippen LogP contribution in [0.3, 0.4) is 0 Å². The summed E-state index contributed by atoms with van der Waals surface area (Å²) in [6, 6.07) is 0. The van der Waals surface area contributed by atoms with Crippen molar-refractivity contribution >= 4 is 5.78 Å². The predicted molar refractivity (Wildman–Crippen MR) is 91.9 cm³/mol. The Morgan fingerprint density at radius 3 is 2.61 bits per heavy atom. The van der Waals surface area contributed by atoms with Crippen molar-refractivity contribution in [2.75, 3.05) is 0 Å². The minimum absolute atomic E-state index is 0.114. The van der Waals surface area contributed by atoms with Gasteiger partial charge in [0, 0.05) is 6.42 Å². The van der Waals surface area contributed by atoms with Gasteiger partial charge < -0.3 is 5.11 Å². The van der Waals surface area contributed by atoms with E-state index in [2.05, 4.69) is 26.0 Å². The van der Waals surface area contributed by atoms with E-state index in [1.165, 1.54) is 12.0 Å². The molecule has 126 valence electrons. The normalized spacial score (nSPS) is 51.0.